The van der Waals surface area contributed by atoms with Crippen LogP contribution in [0.1, 0.15) is 39.0 Å². The Hall–Kier alpha value is -0.870. The zero-order valence-corrected chi connectivity index (χ0v) is 12.0. The highest BCUT2D eigenvalue weighted by molar-refractivity contribution is 5.87. The van der Waals surface area contributed by atoms with E-state index in [-0.39, 0.29) is 5.97 Å². The Morgan fingerprint density at radius 3 is 3.00 bits per heavy atom. The van der Waals surface area contributed by atoms with Crippen molar-refractivity contribution in [2.45, 2.75) is 44.6 Å². The summed E-state index contributed by atoms with van der Waals surface area (Å²) in [6.45, 7) is 4.42. The molecule has 0 spiro atoms. The minimum Gasteiger partial charge on any atom is -0.466 e. The number of piperidine rings is 1. The highest BCUT2D eigenvalue weighted by Crippen LogP contribution is 2.39. The van der Waals surface area contributed by atoms with Crippen LogP contribution in [0, 0.1) is 5.92 Å². The van der Waals surface area contributed by atoms with Crippen molar-refractivity contribution in [3.63, 3.8) is 0 Å². The molecule has 108 valence electrons. The molecule has 2 rings (SSSR count). The van der Waals surface area contributed by atoms with Crippen LogP contribution in [0.4, 0.5) is 0 Å². The number of nitrogens with zero attached hydrogens (tertiary/aromatic N) is 1. The molecule has 1 aliphatic heterocycles. The van der Waals surface area contributed by atoms with Gasteiger partial charge in [-0.2, -0.15) is 0 Å². The molecule has 1 heterocycles. The van der Waals surface area contributed by atoms with Crippen LogP contribution in [0.3, 0.4) is 0 Å². The summed E-state index contributed by atoms with van der Waals surface area (Å²) < 4.78 is 4.69. The molecule has 0 aromatic rings. The average molecular weight is 267 g/mol. The predicted octanol–water partition coefficient (Wildman–Crippen LogP) is 1.73. The molecule has 0 aromatic heterocycles. The summed E-state index contributed by atoms with van der Waals surface area (Å²) in [5.74, 6) is 0.146. The van der Waals surface area contributed by atoms with Gasteiger partial charge < -0.3 is 9.84 Å². The van der Waals surface area contributed by atoms with Crippen LogP contribution in [-0.2, 0) is 9.53 Å². The molecule has 0 amide bonds. The van der Waals surface area contributed by atoms with Crippen molar-refractivity contribution in [1.82, 2.24) is 4.90 Å². The fourth-order valence-corrected chi connectivity index (χ4v) is 3.32. The molecule has 1 aliphatic carbocycles. The highest BCUT2D eigenvalue weighted by Gasteiger charge is 2.42. The maximum Gasteiger partial charge on any atom is 0.333 e. The second-order valence-electron chi connectivity index (χ2n) is 5.93. The molecule has 0 bridgehead atoms. The van der Waals surface area contributed by atoms with Gasteiger partial charge in [0, 0.05) is 31.1 Å². The quantitative estimate of drug-likeness (QED) is 0.625. The van der Waals surface area contributed by atoms with Crippen molar-refractivity contribution in [1.29, 1.82) is 0 Å². The first-order valence-electron chi connectivity index (χ1n) is 7.25. The molecular weight excluding hydrogens is 242 g/mol. The summed E-state index contributed by atoms with van der Waals surface area (Å²) in [5.41, 5.74) is 0.238. The Labute approximate surface area is 115 Å². The largest absolute Gasteiger partial charge is 0.466 e. The zero-order chi connectivity index (χ0) is 13.9. The molecule has 4 heteroatoms. The highest BCUT2D eigenvalue weighted by atomic mass is 16.5. The van der Waals surface area contributed by atoms with Gasteiger partial charge in [-0.3, -0.25) is 4.90 Å². The number of carbonyl (C=O) groups is 1. The number of ether oxygens (including phenoxy) is 1. The first-order chi connectivity index (χ1) is 9.05. The van der Waals surface area contributed by atoms with Crippen molar-refractivity contribution in [3.8, 4) is 0 Å². The molecule has 1 saturated heterocycles. The van der Waals surface area contributed by atoms with Crippen LogP contribution in [0.25, 0.3) is 0 Å². The van der Waals surface area contributed by atoms with E-state index in [1.807, 2.05) is 6.08 Å². The first-order valence-corrected chi connectivity index (χ1v) is 7.25. The lowest BCUT2D eigenvalue weighted by Gasteiger charge is -2.47. The van der Waals surface area contributed by atoms with E-state index < -0.39 is 5.60 Å². The van der Waals surface area contributed by atoms with Gasteiger partial charge in [0.25, 0.3) is 0 Å². The summed E-state index contributed by atoms with van der Waals surface area (Å²) in [7, 11) is 1.41. The van der Waals surface area contributed by atoms with E-state index in [2.05, 4.69) is 9.64 Å². The maximum absolute atomic E-state index is 11.3. The molecule has 4 nitrogen and oxygen atoms in total. The minimum absolute atomic E-state index is 0.258. The van der Waals surface area contributed by atoms with Crippen LogP contribution in [-0.4, -0.2) is 48.3 Å². The van der Waals surface area contributed by atoms with Gasteiger partial charge in [0.1, 0.15) is 0 Å². The van der Waals surface area contributed by atoms with E-state index in [0.29, 0.717) is 11.5 Å². The van der Waals surface area contributed by atoms with Crippen molar-refractivity contribution >= 4 is 5.97 Å². The van der Waals surface area contributed by atoms with Gasteiger partial charge in [-0.1, -0.05) is 18.9 Å². The molecular formula is C15H25NO3. The van der Waals surface area contributed by atoms with Gasteiger partial charge in [-0.15, -0.1) is 0 Å². The van der Waals surface area contributed by atoms with E-state index in [4.69, 9.17) is 0 Å². The molecule has 0 aromatic carbocycles. The SMILES string of the molecule is COC(=O)C(C)=CCN1CCC2(O)CCCCC2C1. The predicted molar refractivity (Wildman–Crippen MR) is 73.7 cm³/mol. The second-order valence-corrected chi connectivity index (χ2v) is 5.93. The monoisotopic (exact) mass is 267 g/mol. The second kappa shape index (κ2) is 6.06. The number of hydrogen-bond donors (Lipinski definition) is 1. The number of hydrogen-bond acceptors (Lipinski definition) is 4. The Kier molecular flexibility index (Phi) is 4.63. The van der Waals surface area contributed by atoms with Crippen molar-refractivity contribution in [2.75, 3.05) is 26.7 Å². The maximum atomic E-state index is 11.3. The summed E-state index contributed by atoms with van der Waals surface area (Å²) in [4.78, 5) is 13.6. The topological polar surface area (TPSA) is 49.8 Å². The van der Waals surface area contributed by atoms with Gasteiger partial charge in [-0.05, 0) is 26.2 Å². The van der Waals surface area contributed by atoms with Crippen LogP contribution in [0.2, 0.25) is 0 Å². The van der Waals surface area contributed by atoms with E-state index in [1.54, 1.807) is 6.92 Å². The van der Waals surface area contributed by atoms with Crippen LogP contribution in [0.5, 0.6) is 0 Å². The third kappa shape index (κ3) is 3.37. The normalized spacial score (nSPS) is 32.8. The van der Waals surface area contributed by atoms with E-state index in [0.717, 1.165) is 45.3 Å². The molecule has 1 N–H and O–H groups in total. The molecule has 0 radical (unpaired) electrons. The molecule has 2 fully saturated rings. The minimum atomic E-state index is -0.421. The molecule has 2 unspecified atom stereocenters. The lowest BCUT2D eigenvalue weighted by molar-refractivity contribution is -0.136. The Bertz CT molecular complexity index is 366. The summed E-state index contributed by atoms with van der Waals surface area (Å²) >= 11 is 0. The Balaban J connectivity index is 1.89. The molecule has 2 atom stereocenters. The van der Waals surface area contributed by atoms with E-state index in [1.165, 1.54) is 13.5 Å². The van der Waals surface area contributed by atoms with Gasteiger partial charge in [0.15, 0.2) is 0 Å². The summed E-state index contributed by atoms with van der Waals surface area (Å²) in [5, 5.41) is 10.6. The number of likely N-dealkylation sites (tertiary alicyclic amines) is 1. The van der Waals surface area contributed by atoms with Crippen LogP contribution in [0.15, 0.2) is 11.6 Å². The fourth-order valence-electron chi connectivity index (χ4n) is 3.32. The van der Waals surface area contributed by atoms with Crippen molar-refractivity contribution in [2.24, 2.45) is 5.92 Å². The number of aliphatic hydroxyl groups is 1. The van der Waals surface area contributed by atoms with E-state index >= 15 is 0 Å². The standard InChI is InChI=1S/C15H25NO3/c1-12(14(17)19-2)6-9-16-10-8-15(18)7-4-3-5-13(15)11-16/h6,13,18H,3-5,7-11H2,1-2H3. The van der Waals surface area contributed by atoms with E-state index in [9.17, 15) is 9.90 Å². The smallest absolute Gasteiger partial charge is 0.333 e. The number of rotatable bonds is 3. The number of esters is 1. The van der Waals surface area contributed by atoms with Gasteiger partial charge in [0.2, 0.25) is 0 Å². The summed E-state index contributed by atoms with van der Waals surface area (Å²) in [6.07, 6.45) is 7.28. The van der Waals surface area contributed by atoms with Crippen molar-refractivity contribution < 1.29 is 14.6 Å². The summed E-state index contributed by atoms with van der Waals surface area (Å²) in [6, 6.07) is 0. The van der Waals surface area contributed by atoms with Crippen LogP contribution < -0.4 is 0 Å². The van der Waals surface area contributed by atoms with Gasteiger partial charge in [0.05, 0.1) is 12.7 Å². The zero-order valence-electron chi connectivity index (χ0n) is 12.0. The van der Waals surface area contributed by atoms with Gasteiger partial charge in [-0.25, -0.2) is 4.79 Å². The third-order valence-electron chi connectivity index (χ3n) is 4.67. The number of carbonyl (C=O) groups excluding carboxylic acids is 1. The first kappa shape index (κ1) is 14.5. The Morgan fingerprint density at radius 2 is 2.26 bits per heavy atom. The lowest BCUT2D eigenvalue weighted by Crippen LogP contribution is -2.53. The Morgan fingerprint density at radius 1 is 1.47 bits per heavy atom. The molecule has 19 heavy (non-hydrogen) atoms. The molecule has 2 aliphatic rings. The lowest BCUT2D eigenvalue weighted by atomic mass is 9.71. The van der Waals surface area contributed by atoms with Gasteiger partial charge >= 0.3 is 5.97 Å². The van der Waals surface area contributed by atoms with Crippen LogP contribution >= 0.6 is 0 Å². The third-order valence-corrected chi connectivity index (χ3v) is 4.67. The molecule has 1 saturated carbocycles. The van der Waals surface area contributed by atoms with Crippen molar-refractivity contribution in [3.05, 3.63) is 11.6 Å². The number of fused-ring (bicyclic) bond motifs is 1. The fraction of sp³-hybridized carbons (Fsp3) is 0.800. The number of methoxy groups -OCH3 is 1. The average Bonchev–Trinajstić information content (AvgIpc) is 2.43.